The molecule has 0 amide bonds. The van der Waals surface area contributed by atoms with Crippen molar-refractivity contribution in [2.45, 2.75) is 18.9 Å². The normalized spacial score (nSPS) is 13.1. The van der Waals surface area contributed by atoms with E-state index in [2.05, 4.69) is 37.2 Å². The molecule has 0 fully saturated rings. The van der Waals surface area contributed by atoms with Crippen molar-refractivity contribution < 1.29 is 47.8 Å². The summed E-state index contributed by atoms with van der Waals surface area (Å²) in [6, 6.07) is 19.1. The molecule has 0 spiro atoms. The first-order chi connectivity index (χ1) is 19.3. The van der Waals surface area contributed by atoms with Gasteiger partial charge in [-0.1, -0.05) is 60.7 Å². The second-order valence-corrected chi connectivity index (χ2v) is 32.1. The third kappa shape index (κ3) is 25.9. The summed E-state index contributed by atoms with van der Waals surface area (Å²) in [6.07, 6.45) is 2.32. The number of sulfone groups is 1. The second-order valence-electron chi connectivity index (χ2n) is 9.08. The van der Waals surface area contributed by atoms with Crippen LogP contribution < -0.4 is 19.0 Å². The minimum atomic E-state index is -3.80. The van der Waals surface area contributed by atoms with Crippen LogP contribution in [0.25, 0.3) is 0 Å². The summed E-state index contributed by atoms with van der Waals surface area (Å²) in [6.45, 7) is -0.114. The third-order valence-corrected chi connectivity index (χ3v) is 8.92. The molecule has 2 rings (SSSR count). The molecule has 0 aliphatic carbocycles. The summed E-state index contributed by atoms with van der Waals surface area (Å²) in [5.74, 6) is -0.540. The molecule has 42 heavy (non-hydrogen) atoms. The number of hydrogen-bond donors (Lipinski definition) is 2. The van der Waals surface area contributed by atoms with E-state index < -0.39 is 35.3 Å². The molecule has 0 radical (unpaired) electrons. The first kappa shape index (κ1) is 44.7. The first-order valence-electron chi connectivity index (χ1n) is 12.0. The van der Waals surface area contributed by atoms with Gasteiger partial charge in [0.15, 0.2) is 0 Å². The fraction of sp³-hybridized carbons (Fsp3) is 0.500. The minimum absolute atomic E-state index is 0.0505. The van der Waals surface area contributed by atoms with E-state index in [-0.39, 0.29) is 25.0 Å². The minimum Gasteiger partial charge on any atom is -0.395 e. The van der Waals surface area contributed by atoms with Crippen molar-refractivity contribution in [2.75, 3.05) is 53.4 Å². The zero-order valence-corrected chi connectivity index (χ0v) is 33.7. The van der Waals surface area contributed by atoms with Gasteiger partial charge in [0.2, 0.25) is 0 Å². The zero-order valence-electron chi connectivity index (χ0n) is 24.0. The third-order valence-electron chi connectivity index (χ3n) is 4.82. The van der Waals surface area contributed by atoms with Crippen LogP contribution in [0.5, 0.6) is 0 Å². The Morgan fingerprint density at radius 2 is 1.24 bits per heavy atom. The Balaban J connectivity index is 0. The van der Waals surface area contributed by atoms with Gasteiger partial charge in [0, 0.05) is 57.1 Å². The van der Waals surface area contributed by atoms with Gasteiger partial charge >= 0.3 is 60.8 Å². The Hall–Kier alpha value is 0.570. The standard InChI is InChI=1S/C13H21NO5S2.C9H13NO.C2H6ClNO2S.I3/c1-14(2)21(17,18)19-10-13(11-20(3,15)16)9-12-7-5-4-6-8-12;10-9(7-11)6-8-4-2-1-3-5-8;1-4(2)7(3,5)6;1-3-2/h4-8,13H,9-11H2,1-3H3;1-5,9,11H,6-7,10H2;1-2H3;/q;;;-1/t13-;9-;;/m00../s1. The predicted molar refractivity (Wildman–Crippen MR) is 184 cm³/mol. The van der Waals surface area contributed by atoms with Gasteiger partial charge in [0.1, 0.15) is 9.84 Å². The molecule has 0 aliphatic rings. The molecule has 0 heterocycles. The van der Waals surface area contributed by atoms with Gasteiger partial charge in [-0.05, 0) is 24.0 Å². The molecule has 18 heteroatoms. The Morgan fingerprint density at radius 1 is 0.857 bits per heavy atom. The van der Waals surface area contributed by atoms with Crippen molar-refractivity contribution in [3.8, 4) is 0 Å². The van der Waals surface area contributed by atoms with Crippen molar-refractivity contribution in [3.63, 3.8) is 0 Å². The molecule has 2 aromatic carbocycles. The monoisotopic (exact) mass is 1010 g/mol. The van der Waals surface area contributed by atoms with Crippen molar-refractivity contribution in [1.82, 2.24) is 8.61 Å². The van der Waals surface area contributed by atoms with Crippen LogP contribution in [0.1, 0.15) is 11.1 Å². The first-order valence-corrected chi connectivity index (χ1v) is 30.2. The molecule has 2 atom stereocenters. The largest absolute Gasteiger partial charge is 0.395 e. The van der Waals surface area contributed by atoms with E-state index in [4.69, 9.17) is 25.7 Å². The van der Waals surface area contributed by atoms with Crippen molar-refractivity contribution in [2.24, 2.45) is 11.7 Å². The van der Waals surface area contributed by atoms with Crippen LogP contribution in [-0.2, 0) is 46.4 Å². The topological polar surface area (TPSA) is 164 Å². The van der Waals surface area contributed by atoms with Gasteiger partial charge in [-0.25, -0.2) is 8.42 Å². The number of rotatable bonds is 12. The van der Waals surface area contributed by atoms with E-state index >= 15 is 0 Å². The molecule has 2 aromatic rings. The van der Waals surface area contributed by atoms with E-state index in [1.54, 1.807) is 0 Å². The van der Waals surface area contributed by atoms with E-state index in [0.29, 0.717) is 19.7 Å². The maximum absolute atomic E-state index is 11.6. The van der Waals surface area contributed by atoms with E-state index in [0.717, 1.165) is 26.9 Å². The Labute approximate surface area is 286 Å². The number of nitrogens with zero attached hydrogens (tertiary/aromatic N) is 2. The van der Waals surface area contributed by atoms with Crippen LogP contribution in [0.15, 0.2) is 60.7 Å². The molecule has 11 nitrogen and oxygen atoms in total. The summed E-state index contributed by atoms with van der Waals surface area (Å²) in [4.78, 5) is 0. The molecule has 0 unspecified atom stereocenters. The van der Waals surface area contributed by atoms with Crippen LogP contribution in [-0.4, -0.2) is 98.4 Å². The second kappa shape index (κ2) is 23.8. The number of aliphatic hydroxyl groups is 1. The maximum atomic E-state index is 11.6. The Bertz CT molecular complexity index is 1290. The molecule has 246 valence electrons. The molecule has 0 saturated heterocycles. The molecule has 0 bridgehead atoms. The van der Waals surface area contributed by atoms with Crippen LogP contribution >= 0.6 is 47.9 Å². The summed E-state index contributed by atoms with van der Waals surface area (Å²) in [5.41, 5.74) is 7.67. The number of nitrogens with two attached hydrogens (primary N) is 1. The van der Waals surface area contributed by atoms with Crippen molar-refractivity contribution in [1.29, 1.82) is 0 Å². The molecule has 0 saturated carbocycles. The number of halogens is 4. The molecule has 0 aromatic heterocycles. The van der Waals surface area contributed by atoms with Gasteiger partial charge in [-0.2, -0.15) is 25.4 Å². The predicted octanol–water partition coefficient (Wildman–Crippen LogP) is 0.0686. The molecular weight excluding hydrogens is 971 g/mol. The Morgan fingerprint density at radius 3 is 1.55 bits per heavy atom. The number of aliphatic hydroxyl groups excluding tert-OH is 1. The summed E-state index contributed by atoms with van der Waals surface area (Å²) in [5, 5.41) is 8.67. The van der Waals surface area contributed by atoms with Gasteiger partial charge < -0.3 is 10.8 Å². The molecule has 0 aliphatic heterocycles. The smallest absolute Gasteiger partial charge is 0.0585 e. The molecular formula is C24H40ClI3N3O8S3-. The Kier molecular flexibility index (Phi) is 25.4. The van der Waals surface area contributed by atoms with Crippen LogP contribution in [0, 0.1) is 5.92 Å². The van der Waals surface area contributed by atoms with Crippen LogP contribution in [0.4, 0.5) is 0 Å². The summed E-state index contributed by atoms with van der Waals surface area (Å²) < 4.78 is 73.0. The number of hydrogen-bond acceptors (Lipinski definition) is 9. The van der Waals surface area contributed by atoms with Gasteiger partial charge in [0.05, 0.1) is 19.0 Å². The van der Waals surface area contributed by atoms with Gasteiger partial charge in [0.25, 0.3) is 9.24 Å². The fourth-order valence-electron chi connectivity index (χ4n) is 2.81. The van der Waals surface area contributed by atoms with E-state index in [1.807, 2.05) is 60.7 Å². The van der Waals surface area contributed by atoms with Crippen molar-refractivity contribution in [3.05, 3.63) is 71.8 Å². The average molecular weight is 1010 g/mol. The zero-order chi connectivity index (χ0) is 33.0. The van der Waals surface area contributed by atoms with Crippen molar-refractivity contribution >= 4 is 77.3 Å². The van der Waals surface area contributed by atoms with Crippen LogP contribution in [0.2, 0.25) is 0 Å². The SMILES string of the molecule is CN(C)S(=O)(=O)Cl.CN(C)S(=O)(=O)OC[C@H](Cc1ccccc1)CS(C)(=O)=O.I[I-]I.N[C@H](CO)Cc1ccccc1. The van der Waals surface area contributed by atoms with E-state index in [9.17, 15) is 25.3 Å². The molecule has 3 N–H and O–H groups in total. The summed E-state index contributed by atoms with van der Waals surface area (Å²) in [7, 11) is -0.246. The fourth-order valence-corrected chi connectivity index (χ4v) is 4.46. The quantitative estimate of drug-likeness (QED) is 0.222. The van der Waals surface area contributed by atoms with Gasteiger partial charge in [-0.3, -0.25) is 4.18 Å². The maximum Gasteiger partial charge on any atom is 0.0585 e. The van der Waals surface area contributed by atoms with E-state index in [1.165, 1.54) is 33.8 Å². The van der Waals surface area contributed by atoms with Gasteiger partial charge in [-0.15, -0.1) is 0 Å². The van der Waals surface area contributed by atoms with Crippen LogP contribution in [0.3, 0.4) is 0 Å². The average Bonchev–Trinajstić information content (AvgIpc) is 2.88. The number of benzene rings is 2. The summed E-state index contributed by atoms with van der Waals surface area (Å²) >= 11 is 5.30.